The van der Waals surface area contributed by atoms with Crippen molar-refractivity contribution in [1.82, 2.24) is 0 Å². The summed E-state index contributed by atoms with van der Waals surface area (Å²) in [5.74, 6) is 0.300. The summed E-state index contributed by atoms with van der Waals surface area (Å²) in [5, 5.41) is -0.316. The van der Waals surface area contributed by atoms with Gasteiger partial charge >= 0.3 is 0 Å². The molecule has 126 valence electrons. The molecule has 0 N–H and O–H groups in total. The molecule has 1 aromatic carbocycles. The molecule has 3 heteroatoms. The Hall–Kier alpha value is -0.960. The zero-order valence-corrected chi connectivity index (χ0v) is 15.2. The summed E-state index contributed by atoms with van der Waals surface area (Å²) < 4.78 is 13.1. The highest BCUT2D eigenvalue weighted by molar-refractivity contribution is 7.86. The van der Waals surface area contributed by atoms with Crippen LogP contribution < -0.4 is 0 Å². The van der Waals surface area contributed by atoms with Crippen molar-refractivity contribution in [3.63, 3.8) is 0 Å². The second-order valence-corrected chi connectivity index (χ2v) is 9.50. The molecule has 3 aliphatic rings. The summed E-state index contributed by atoms with van der Waals surface area (Å²) in [7, 11) is -1.22. The second-order valence-electron chi connectivity index (χ2n) is 7.86. The topological polar surface area (TPSA) is 34.1 Å². The minimum absolute atomic E-state index is 0.191. The molecule has 2 bridgehead atoms. The van der Waals surface area contributed by atoms with Crippen LogP contribution in [0.5, 0.6) is 0 Å². The average Bonchev–Trinajstić information content (AvgIpc) is 2.76. The van der Waals surface area contributed by atoms with E-state index in [4.69, 9.17) is 0 Å². The molecule has 2 nitrogen and oxygen atoms in total. The smallest absolute Gasteiger partial charge is 0.154 e. The van der Waals surface area contributed by atoms with E-state index in [1.165, 1.54) is 0 Å². The molecular formula is C20H28O2S. The molecule has 0 aliphatic heterocycles. The lowest BCUT2D eigenvalue weighted by Crippen LogP contribution is -2.39. The Balaban J connectivity index is 1.93. The number of rotatable bonds is 5. The minimum atomic E-state index is -1.22. The molecule has 3 fully saturated rings. The fraction of sp³-hybridized carbons (Fsp3) is 0.650. The fourth-order valence-electron chi connectivity index (χ4n) is 4.44. The van der Waals surface area contributed by atoms with Gasteiger partial charge in [0.2, 0.25) is 0 Å². The zero-order valence-electron chi connectivity index (χ0n) is 14.3. The third-order valence-electron chi connectivity index (χ3n) is 6.15. The van der Waals surface area contributed by atoms with Crippen molar-refractivity contribution in [2.45, 2.75) is 75.4 Å². The summed E-state index contributed by atoms with van der Waals surface area (Å²) in [6, 6.07) is 9.56. The van der Waals surface area contributed by atoms with Crippen LogP contribution in [-0.2, 0) is 15.6 Å². The molecule has 0 saturated heterocycles. The first-order chi connectivity index (χ1) is 11.0. The molecule has 0 radical (unpaired) electrons. The lowest BCUT2D eigenvalue weighted by molar-refractivity contribution is -0.129. The van der Waals surface area contributed by atoms with Gasteiger partial charge in [0.25, 0.3) is 0 Å². The molecule has 0 aromatic heterocycles. The van der Waals surface area contributed by atoms with E-state index in [2.05, 4.69) is 13.8 Å². The summed E-state index contributed by atoms with van der Waals surface area (Å²) in [6.07, 6.45) is 8.25. The maximum Gasteiger partial charge on any atom is 0.154 e. The summed E-state index contributed by atoms with van der Waals surface area (Å²) in [4.78, 5) is 14.2. The lowest BCUT2D eigenvalue weighted by Gasteiger charge is -2.40. The zero-order chi connectivity index (χ0) is 16.5. The first kappa shape index (κ1) is 16.9. The average molecular weight is 333 g/mol. The standard InChI is InChI=1S/C20H28O2S/c1-3-4-10-20-13-11-19(2,12-14-20)15-17(18(20)21)23(22)16-8-6-5-7-9-16/h5-9,17H,3-4,10-15H2,1-2H3. The maximum atomic E-state index is 13.4. The number of carbonyl (C=O) groups excluding carboxylic acids is 1. The Morgan fingerprint density at radius 3 is 2.39 bits per heavy atom. The number of Topliss-reactive ketones (excluding diaryl/α,β-unsaturated/α-hetero) is 1. The van der Waals surface area contributed by atoms with E-state index in [0.29, 0.717) is 5.78 Å². The van der Waals surface area contributed by atoms with E-state index in [1.807, 2.05) is 30.3 Å². The molecule has 3 aliphatic carbocycles. The Morgan fingerprint density at radius 2 is 1.78 bits per heavy atom. The van der Waals surface area contributed by atoms with Crippen molar-refractivity contribution >= 4 is 16.6 Å². The number of carbonyl (C=O) groups is 1. The molecule has 2 atom stereocenters. The normalized spacial score (nSPS) is 35.0. The van der Waals surface area contributed by atoms with Gasteiger partial charge in [-0.05, 0) is 56.1 Å². The van der Waals surface area contributed by atoms with E-state index < -0.39 is 10.8 Å². The van der Waals surface area contributed by atoms with Crippen molar-refractivity contribution in [3.05, 3.63) is 30.3 Å². The molecule has 0 amide bonds. The quantitative estimate of drug-likeness (QED) is 0.769. The number of unbranched alkanes of at least 4 members (excludes halogenated alkanes) is 1. The van der Waals surface area contributed by atoms with Crippen LogP contribution in [0.25, 0.3) is 0 Å². The van der Waals surface area contributed by atoms with Crippen LogP contribution in [0, 0.1) is 10.8 Å². The van der Waals surface area contributed by atoms with Gasteiger partial charge in [0, 0.05) is 10.3 Å². The Kier molecular flexibility index (Phi) is 4.78. The van der Waals surface area contributed by atoms with Crippen molar-refractivity contribution in [3.8, 4) is 0 Å². The van der Waals surface area contributed by atoms with Gasteiger partial charge in [-0.25, -0.2) is 0 Å². The van der Waals surface area contributed by atoms with Gasteiger partial charge in [-0.2, -0.15) is 0 Å². The number of benzene rings is 1. The highest BCUT2D eigenvalue weighted by Gasteiger charge is 2.53. The first-order valence-electron chi connectivity index (χ1n) is 9.00. The van der Waals surface area contributed by atoms with Gasteiger partial charge in [0.15, 0.2) is 5.78 Å². The third kappa shape index (κ3) is 3.17. The van der Waals surface area contributed by atoms with E-state index in [9.17, 15) is 9.00 Å². The van der Waals surface area contributed by atoms with Gasteiger partial charge in [-0.3, -0.25) is 9.00 Å². The largest absolute Gasteiger partial charge is 0.298 e. The predicted molar refractivity (Wildman–Crippen MR) is 94.8 cm³/mol. The van der Waals surface area contributed by atoms with Crippen LogP contribution in [0.2, 0.25) is 0 Å². The molecule has 4 rings (SSSR count). The monoisotopic (exact) mass is 332 g/mol. The van der Waals surface area contributed by atoms with Crippen molar-refractivity contribution < 1.29 is 9.00 Å². The second kappa shape index (κ2) is 6.51. The Labute approximate surface area is 142 Å². The van der Waals surface area contributed by atoms with Crippen LogP contribution in [0.15, 0.2) is 35.2 Å². The summed E-state index contributed by atoms with van der Waals surface area (Å²) in [6.45, 7) is 4.48. The van der Waals surface area contributed by atoms with Crippen molar-refractivity contribution in [2.24, 2.45) is 10.8 Å². The van der Waals surface area contributed by atoms with Gasteiger partial charge in [-0.1, -0.05) is 44.9 Å². The lowest BCUT2D eigenvalue weighted by atomic mass is 9.64. The van der Waals surface area contributed by atoms with Gasteiger partial charge in [0.05, 0.1) is 16.0 Å². The van der Waals surface area contributed by atoms with Crippen LogP contribution in [0.3, 0.4) is 0 Å². The number of fused-ring (bicyclic) bond motifs is 4. The SMILES string of the molecule is CCCCC12CCC(C)(CC1)CC(S(=O)c1ccccc1)C2=O. The highest BCUT2D eigenvalue weighted by Crippen LogP contribution is 2.55. The third-order valence-corrected chi connectivity index (χ3v) is 7.78. The predicted octanol–water partition coefficient (Wildman–Crippen LogP) is 4.89. The summed E-state index contributed by atoms with van der Waals surface area (Å²) >= 11 is 0. The molecule has 1 aromatic rings. The fourth-order valence-corrected chi connectivity index (χ4v) is 6.20. The van der Waals surface area contributed by atoms with Crippen molar-refractivity contribution in [1.29, 1.82) is 0 Å². The Morgan fingerprint density at radius 1 is 1.13 bits per heavy atom. The van der Waals surface area contributed by atoms with Crippen molar-refractivity contribution in [2.75, 3.05) is 0 Å². The maximum absolute atomic E-state index is 13.4. The molecule has 0 spiro atoms. The molecule has 3 saturated carbocycles. The summed E-state index contributed by atoms with van der Waals surface area (Å²) in [5.41, 5.74) is -0.00188. The van der Waals surface area contributed by atoms with Gasteiger partial charge < -0.3 is 0 Å². The van der Waals surface area contributed by atoms with Crippen LogP contribution in [0.4, 0.5) is 0 Å². The van der Waals surface area contributed by atoms with Crippen LogP contribution in [-0.4, -0.2) is 15.2 Å². The highest BCUT2D eigenvalue weighted by atomic mass is 32.2. The molecule has 2 unspecified atom stereocenters. The van der Waals surface area contributed by atoms with E-state index in [0.717, 1.165) is 56.3 Å². The van der Waals surface area contributed by atoms with Gasteiger partial charge in [-0.15, -0.1) is 0 Å². The number of hydrogen-bond donors (Lipinski definition) is 0. The first-order valence-corrected chi connectivity index (χ1v) is 10.2. The minimum Gasteiger partial charge on any atom is -0.298 e. The molecule has 23 heavy (non-hydrogen) atoms. The van der Waals surface area contributed by atoms with E-state index >= 15 is 0 Å². The van der Waals surface area contributed by atoms with E-state index in [-0.39, 0.29) is 16.1 Å². The number of ketones is 1. The van der Waals surface area contributed by atoms with Crippen LogP contribution in [0.1, 0.15) is 65.2 Å². The van der Waals surface area contributed by atoms with Gasteiger partial charge in [0.1, 0.15) is 0 Å². The number of hydrogen-bond acceptors (Lipinski definition) is 2. The molecular weight excluding hydrogens is 304 g/mol. The van der Waals surface area contributed by atoms with E-state index in [1.54, 1.807) is 0 Å². The molecule has 0 heterocycles. The Bertz CT molecular complexity index is 585. The van der Waals surface area contributed by atoms with Crippen LogP contribution >= 0.6 is 0 Å².